The third-order valence-electron chi connectivity index (χ3n) is 2.96. The van der Waals surface area contributed by atoms with Crippen LogP contribution in [0.25, 0.3) is 0 Å². The highest BCUT2D eigenvalue weighted by atomic mass is 16.5. The van der Waals surface area contributed by atoms with E-state index in [-0.39, 0.29) is 0 Å². The zero-order chi connectivity index (χ0) is 14.5. The first-order valence-electron chi connectivity index (χ1n) is 5.81. The Labute approximate surface area is 111 Å². The number of methoxy groups -OCH3 is 1. The van der Waals surface area contributed by atoms with Crippen molar-refractivity contribution >= 4 is 5.91 Å². The molecule has 0 spiro atoms. The Morgan fingerprint density at radius 3 is 2.32 bits per heavy atom. The van der Waals surface area contributed by atoms with Crippen molar-refractivity contribution in [1.82, 2.24) is 5.32 Å². The van der Waals surface area contributed by atoms with E-state index >= 15 is 0 Å². The molecule has 0 fully saturated rings. The summed E-state index contributed by atoms with van der Waals surface area (Å²) in [5.74, 6) is 0.0608. The number of carbonyl (C=O) groups is 1. The maximum Gasteiger partial charge on any atom is 0.252 e. The highest BCUT2D eigenvalue weighted by Gasteiger charge is 2.30. The Morgan fingerprint density at radius 2 is 1.84 bits per heavy atom. The molecule has 1 aromatic carbocycles. The summed E-state index contributed by atoms with van der Waals surface area (Å²) in [6.07, 6.45) is 0. The zero-order valence-electron chi connectivity index (χ0n) is 11.0. The Balaban J connectivity index is 2.94. The van der Waals surface area contributed by atoms with Gasteiger partial charge in [0.2, 0.25) is 0 Å². The Kier molecular flexibility index (Phi) is 5.29. The molecular weight excluding hydrogens is 250 g/mol. The lowest BCUT2D eigenvalue weighted by Gasteiger charge is -2.28. The van der Waals surface area contributed by atoms with Gasteiger partial charge in [-0.1, -0.05) is 6.07 Å². The van der Waals surface area contributed by atoms with Crippen molar-refractivity contribution < 1.29 is 24.9 Å². The Hall–Kier alpha value is -1.63. The van der Waals surface area contributed by atoms with Crippen LogP contribution in [0.5, 0.6) is 5.75 Å². The van der Waals surface area contributed by atoms with Crippen molar-refractivity contribution in [3.05, 3.63) is 29.3 Å². The lowest BCUT2D eigenvalue weighted by molar-refractivity contribution is 0.0375. The summed E-state index contributed by atoms with van der Waals surface area (Å²) in [7, 11) is 1.50. The van der Waals surface area contributed by atoms with Crippen LogP contribution in [-0.2, 0) is 0 Å². The fourth-order valence-corrected chi connectivity index (χ4v) is 1.54. The molecule has 1 aromatic rings. The van der Waals surface area contributed by atoms with Crippen LogP contribution in [0.15, 0.2) is 18.2 Å². The van der Waals surface area contributed by atoms with E-state index < -0.39 is 31.3 Å². The standard InChI is InChI=1S/C13H19NO5/c1-9-3-4-10(5-11(9)19-2)12(18)14-13(6-15,7-16)8-17/h3-5,15-17H,6-8H2,1-2H3,(H,14,18). The van der Waals surface area contributed by atoms with Crippen LogP contribution in [0.2, 0.25) is 0 Å². The van der Waals surface area contributed by atoms with Gasteiger partial charge in [0.15, 0.2) is 0 Å². The minimum Gasteiger partial charge on any atom is -0.496 e. The third-order valence-corrected chi connectivity index (χ3v) is 2.96. The molecule has 6 heteroatoms. The number of aliphatic hydroxyl groups is 3. The Morgan fingerprint density at radius 1 is 1.26 bits per heavy atom. The molecule has 4 N–H and O–H groups in total. The van der Waals surface area contributed by atoms with E-state index in [0.717, 1.165) is 5.56 Å². The van der Waals surface area contributed by atoms with Crippen molar-refractivity contribution in [2.75, 3.05) is 26.9 Å². The number of amides is 1. The number of benzene rings is 1. The first-order valence-corrected chi connectivity index (χ1v) is 5.81. The van der Waals surface area contributed by atoms with Crippen molar-refractivity contribution in [2.24, 2.45) is 0 Å². The van der Waals surface area contributed by atoms with Crippen LogP contribution in [-0.4, -0.2) is 53.7 Å². The molecule has 19 heavy (non-hydrogen) atoms. The van der Waals surface area contributed by atoms with Crippen LogP contribution < -0.4 is 10.1 Å². The maximum absolute atomic E-state index is 12.0. The molecule has 0 atom stereocenters. The van der Waals surface area contributed by atoms with E-state index in [1.54, 1.807) is 18.2 Å². The molecule has 0 radical (unpaired) electrons. The summed E-state index contributed by atoms with van der Waals surface area (Å²) in [6, 6.07) is 4.89. The monoisotopic (exact) mass is 269 g/mol. The normalized spacial score (nSPS) is 11.2. The molecule has 0 aliphatic carbocycles. The average Bonchev–Trinajstić information content (AvgIpc) is 2.45. The van der Waals surface area contributed by atoms with E-state index in [1.165, 1.54) is 7.11 Å². The van der Waals surface area contributed by atoms with Crippen molar-refractivity contribution in [1.29, 1.82) is 0 Å². The number of ether oxygens (including phenoxy) is 1. The molecular formula is C13H19NO5. The highest BCUT2D eigenvalue weighted by molar-refractivity contribution is 5.95. The number of nitrogens with one attached hydrogen (secondary N) is 1. The molecule has 1 rings (SSSR count). The van der Waals surface area contributed by atoms with E-state index in [0.29, 0.717) is 11.3 Å². The van der Waals surface area contributed by atoms with Gasteiger partial charge >= 0.3 is 0 Å². The molecule has 0 heterocycles. The van der Waals surface area contributed by atoms with Gasteiger partial charge in [-0.3, -0.25) is 4.79 Å². The molecule has 0 saturated heterocycles. The number of rotatable bonds is 6. The average molecular weight is 269 g/mol. The van der Waals surface area contributed by atoms with Gasteiger partial charge in [-0.2, -0.15) is 0 Å². The second kappa shape index (κ2) is 6.51. The van der Waals surface area contributed by atoms with Crippen LogP contribution in [0.1, 0.15) is 15.9 Å². The quantitative estimate of drug-likeness (QED) is 0.555. The zero-order valence-corrected chi connectivity index (χ0v) is 11.0. The van der Waals surface area contributed by atoms with Crippen LogP contribution in [0, 0.1) is 6.92 Å². The molecule has 1 amide bonds. The molecule has 0 unspecified atom stereocenters. The molecule has 0 aliphatic rings. The number of carbonyl (C=O) groups excluding carboxylic acids is 1. The Bertz CT molecular complexity index is 434. The predicted molar refractivity (Wildman–Crippen MR) is 69.2 cm³/mol. The fraction of sp³-hybridized carbons (Fsp3) is 0.462. The predicted octanol–water partition coefficient (Wildman–Crippen LogP) is -0.551. The van der Waals surface area contributed by atoms with Crippen molar-refractivity contribution in [2.45, 2.75) is 12.5 Å². The van der Waals surface area contributed by atoms with Crippen LogP contribution >= 0.6 is 0 Å². The summed E-state index contributed by atoms with van der Waals surface area (Å²) in [5.41, 5.74) is -0.228. The van der Waals surface area contributed by atoms with Crippen molar-refractivity contribution in [3.63, 3.8) is 0 Å². The number of aliphatic hydroxyl groups excluding tert-OH is 3. The third kappa shape index (κ3) is 3.44. The minimum absolute atomic E-state index is 0.321. The second-order valence-corrected chi connectivity index (χ2v) is 4.39. The van der Waals surface area contributed by atoms with E-state index in [2.05, 4.69) is 5.32 Å². The lowest BCUT2D eigenvalue weighted by atomic mass is 10.0. The van der Waals surface area contributed by atoms with Crippen LogP contribution in [0.4, 0.5) is 0 Å². The first-order chi connectivity index (χ1) is 9.01. The summed E-state index contributed by atoms with van der Waals surface area (Å²) >= 11 is 0. The molecule has 0 aliphatic heterocycles. The van der Waals surface area contributed by atoms with E-state index in [9.17, 15) is 4.79 Å². The number of aryl methyl sites for hydroxylation is 1. The topological polar surface area (TPSA) is 99.0 Å². The van der Waals surface area contributed by atoms with Gasteiger partial charge in [-0.25, -0.2) is 0 Å². The van der Waals surface area contributed by atoms with Gasteiger partial charge in [-0.15, -0.1) is 0 Å². The summed E-state index contributed by atoms with van der Waals surface area (Å²) in [4.78, 5) is 12.0. The van der Waals surface area contributed by atoms with Crippen LogP contribution in [0.3, 0.4) is 0 Å². The molecule has 106 valence electrons. The first kappa shape index (κ1) is 15.4. The van der Waals surface area contributed by atoms with Gasteiger partial charge < -0.3 is 25.4 Å². The van der Waals surface area contributed by atoms with E-state index in [1.807, 2.05) is 6.92 Å². The number of hydrogen-bond donors (Lipinski definition) is 4. The molecule has 0 bridgehead atoms. The summed E-state index contributed by atoms with van der Waals surface area (Å²) in [6.45, 7) is 0.165. The SMILES string of the molecule is COc1cc(C(=O)NC(CO)(CO)CO)ccc1C. The maximum atomic E-state index is 12.0. The van der Waals surface area contributed by atoms with E-state index in [4.69, 9.17) is 20.1 Å². The van der Waals surface area contributed by atoms with Gasteiger partial charge in [0, 0.05) is 5.56 Å². The van der Waals surface area contributed by atoms with Gasteiger partial charge in [0.05, 0.1) is 26.9 Å². The minimum atomic E-state index is -1.44. The summed E-state index contributed by atoms with van der Waals surface area (Å²) < 4.78 is 5.12. The number of hydrogen-bond acceptors (Lipinski definition) is 5. The fourth-order valence-electron chi connectivity index (χ4n) is 1.54. The van der Waals surface area contributed by atoms with Gasteiger partial charge in [-0.05, 0) is 24.6 Å². The van der Waals surface area contributed by atoms with Gasteiger partial charge in [0.1, 0.15) is 11.3 Å². The lowest BCUT2D eigenvalue weighted by Crippen LogP contribution is -2.57. The molecule has 0 saturated carbocycles. The van der Waals surface area contributed by atoms with Gasteiger partial charge in [0.25, 0.3) is 5.91 Å². The summed E-state index contributed by atoms with van der Waals surface area (Å²) in [5, 5.41) is 29.9. The van der Waals surface area contributed by atoms with Crippen molar-refractivity contribution in [3.8, 4) is 5.75 Å². The largest absolute Gasteiger partial charge is 0.496 e. The second-order valence-electron chi connectivity index (χ2n) is 4.39. The highest BCUT2D eigenvalue weighted by Crippen LogP contribution is 2.19. The smallest absolute Gasteiger partial charge is 0.252 e. The molecule has 6 nitrogen and oxygen atoms in total. The molecule has 0 aromatic heterocycles.